The van der Waals surface area contributed by atoms with Crippen LogP contribution < -0.4 is 20.1 Å². The number of amides is 1. The Hall–Kier alpha value is -3.32. The van der Waals surface area contributed by atoms with Gasteiger partial charge in [0.1, 0.15) is 11.5 Å². The number of para-hydroxylation sites is 1. The lowest BCUT2D eigenvalue weighted by Gasteiger charge is -2.12. The van der Waals surface area contributed by atoms with Crippen LogP contribution in [0, 0.1) is 6.92 Å². The van der Waals surface area contributed by atoms with Crippen molar-refractivity contribution in [3.8, 4) is 11.5 Å². The fraction of sp³-hybridized carbons (Fsp3) is 0.150. The summed E-state index contributed by atoms with van der Waals surface area (Å²) in [7, 11) is 3.08. The average molecular weight is 399 g/mol. The monoisotopic (exact) mass is 398 g/mol. The van der Waals surface area contributed by atoms with E-state index >= 15 is 0 Å². The van der Waals surface area contributed by atoms with Crippen molar-refractivity contribution in [1.82, 2.24) is 10.2 Å². The molecule has 144 valence electrons. The maximum Gasteiger partial charge on any atom is 0.260 e. The summed E-state index contributed by atoms with van der Waals surface area (Å²) in [5.41, 5.74) is 2.03. The molecule has 0 aliphatic rings. The van der Waals surface area contributed by atoms with Gasteiger partial charge in [-0.15, -0.1) is 10.2 Å². The number of halogens is 1. The van der Waals surface area contributed by atoms with Crippen LogP contribution in [0.2, 0.25) is 5.02 Å². The lowest BCUT2D eigenvalue weighted by molar-refractivity contribution is 0.102. The zero-order valence-electron chi connectivity index (χ0n) is 15.6. The summed E-state index contributed by atoms with van der Waals surface area (Å²) >= 11 is 6.12. The molecule has 0 fully saturated rings. The second kappa shape index (κ2) is 8.58. The number of carbonyl (C=O) groups is 1. The molecule has 0 unspecified atom stereocenters. The summed E-state index contributed by atoms with van der Waals surface area (Å²) in [6, 6.07) is 13.9. The van der Waals surface area contributed by atoms with Crippen LogP contribution in [-0.2, 0) is 0 Å². The number of aryl methyl sites for hydroxylation is 1. The molecule has 8 heteroatoms. The first-order valence-electron chi connectivity index (χ1n) is 8.41. The lowest BCUT2D eigenvalue weighted by Crippen LogP contribution is -2.14. The van der Waals surface area contributed by atoms with Crippen LogP contribution in [-0.4, -0.2) is 30.3 Å². The lowest BCUT2D eigenvalue weighted by atomic mass is 10.2. The van der Waals surface area contributed by atoms with Gasteiger partial charge < -0.3 is 20.1 Å². The summed E-state index contributed by atoms with van der Waals surface area (Å²) in [6.45, 7) is 1.90. The molecule has 0 bridgehead atoms. The summed E-state index contributed by atoms with van der Waals surface area (Å²) in [5, 5.41) is 14.6. The number of hydrogen-bond donors (Lipinski definition) is 2. The molecule has 1 amide bonds. The molecule has 0 aliphatic carbocycles. The zero-order valence-corrected chi connectivity index (χ0v) is 16.4. The molecule has 2 aromatic carbocycles. The third-order valence-corrected chi connectivity index (χ3v) is 4.41. The van der Waals surface area contributed by atoms with Gasteiger partial charge in [-0.2, -0.15) is 0 Å². The Bertz CT molecular complexity index is 993. The van der Waals surface area contributed by atoms with Crippen molar-refractivity contribution in [3.63, 3.8) is 0 Å². The molecule has 0 atom stereocenters. The molecule has 3 aromatic rings. The summed E-state index contributed by atoms with van der Waals surface area (Å²) in [4.78, 5) is 12.4. The van der Waals surface area contributed by atoms with Gasteiger partial charge in [0.15, 0.2) is 11.6 Å². The van der Waals surface area contributed by atoms with Crippen LogP contribution in [0.1, 0.15) is 15.9 Å². The third kappa shape index (κ3) is 4.32. The fourth-order valence-electron chi connectivity index (χ4n) is 2.55. The van der Waals surface area contributed by atoms with Crippen molar-refractivity contribution in [3.05, 3.63) is 64.7 Å². The number of benzene rings is 2. The van der Waals surface area contributed by atoms with E-state index in [9.17, 15) is 4.79 Å². The van der Waals surface area contributed by atoms with Crippen molar-refractivity contribution in [2.24, 2.45) is 0 Å². The minimum Gasteiger partial charge on any atom is -0.496 e. The summed E-state index contributed by atoms with van der Waals surface area (Å²) in [5.74, 6) is 1.56. The van der Waals surface area contributed by atoms with E-state index in [1.54, 1.807) is 49.6 Å². The Kier molecular flexibility index (Phi) is 5.96. The fourth-order valence-corrected chi connectivity index (χ4v) is 2.70. The number of aromatic nitrogens is 2. The van der Waals surface area contributed by atoms with Gasteiger partial charge >= 0.3 is 0 Å². The molecule has 0 saturated heterocycles. The molecule has 0 aliphatic heterocycles. The van der Waals surface area contributed by atoms with Gasteiger partial charge in [0.2, 0.25) is 0 Å². The predicted octanol–water partition coefficient (Wildman–Crippen LogP) is 4.45. The van der Waals surface area contributed by atoms with Gasteiger partial charge in [0, 0.05) is 11.1 Å². The molecule has 7 nitrogen and oxygen atoms in total. The maximum atomic E-state index is 12.4. The first-order valence-corrected chi connectivity index (χ1v) is 8.79. The number of ether oxygens (including phenoxy) is 2. The molecule has 28 heavy (non-hydrogen) atoms. The van der Waals surface area contributed by atoms with E-state index in [0.29, 0.717) is 39.4 Å². The van der Waals surface area contributed by atoms with Crippen LogP contribution in [0.3, 0.4) is 0 Å². The maximum absolute atomic E-state index is 12.4. The number of carbonyl (C=O) groups excluding carboxylic acids is 1. The largest absolute Gasteiger partial charge is 0.496 e. The van der Waals surface area contributed by atoms with Gasteiger partial charge in [-0.05, 0) is 42.8 Å². The van der Waals surface area contributed by atoms with Crippen molar-refractivity contribution in [1.29, 1.82) is 0 Å². The molecule has 3 rings (SSSR count). The molecule has 1 heterocycles. The minimum absolute atomic E-state index is 0.320. The van der Waals surface area contributed by atoms with Crippen molar-refractivity contribution in [2.75, 3.05) is 24.9 Å². The quantitative estimate of drug-likeness (QED) is 0.638. The highest BCUT2D eigenvalue weighted by Gasteiger charge is 2.13. The number of methoxy groups -OCH3 is 2. The van der Waals surface area contributed by atoms with Crippen LogP contribution in [0.15, 0.2) is 48.5 Å². The van der Waals surface area contributed by atoms with Crippen molar-refractivity contribution in [2.45, 2.75) is 6.92 Å². The highest BCUT2D eigenvalue weighted by molar-refractivity contribution is 6.31. The summed E-state index contributed by atoms with van der Waals surface area (Å²) < 4.78 is 10.5. The standard InChI is InChI=1S/C20H19ClN4O3/c1-12-10-15(17(28-3)11-14(12)21)22-18-8-9-19(25-24-18)23-20(26)13-6-4-5-7-16(13)27-2/h4-11H,1-3H3,(H,22,24)(H,23,25,26). The smallest absolute Gasteiger partial charge is 0.260 e. The molecular formula is C20H19ClN4O3. The number of hydrogen-bond acceptors (Lipinski definition) is 6. The predicted molar refractivity (Wildman–Crippen MR) is 109 cm³/mol. The zero-order chi connectivity index (χ0) is 20.1. The van der Waals surface area contributed by atoms with E-state index in [2.05, 4.69) is 20.8 Å². The number of nitrogens with zero attached hydrogens (tertiary/aromatic N) is 2. The SMILES string of the molecule is COc1cc(Cl)c(C)cc1Nc1ccc(NC(=O)c2ccccc2OC)nn1. The normalized spacial score (nSPS) is 10.3. The highest BCUT2D eigenvalue weighted by atomic mass is 35.5. The van der Waals surface area contributed by atoms with Gasteiger partial charge in [0.05, 0.1) is 25.5 Å². The molecule has 1 aromatic heterocycles. The Labute approximate surface area is 167 Å². The van der Waals surface area contributed by atoms with E-state index in [-0.39, 0.29) is 5.91 Å². The van der Waals surface area contributed by atoms with E-state index in [4.69, 9.17) is 21.1 Å². The van der Waals surface area contributed by atoms with Gasteiger partial charge in [-0.1, -0.05) is 23.7 Å². The van der Waals surface area contributed by atoms with Crippen LogP contribution in [0.4, 0.5) is 17.3 Å². The molecule has 0 spiro atoms. The first-order chi connectivity index (χ1) is 13.5. The van der Waals surface area contributed by atoms with Gasteiger partial charge in [0.25, 0.3) is 5.91 Å². The topological polar surface area (TPSA) is 85.4 Å². The average Bonchev–Trinajstić information content (AvgIpc) is 2.71. The van der Waals surface area contributed by atoms with E-state index in [1.807, 2.05) is 13.0 Å². The third-order valence-electron chi connectivity index (χ3n) is 4.00. The first kappa shape index (κ1) is 19.4. The molecule has 0 radical (unpaired) electrons. The number of nitrogens with one attached hydrogen (secondary N) is 2. The molecular weight excluding hydrogens is 380 g/mol. The highest BCUT2D eigenvalue weighted by Crippen LogP contribution is 2.32. The minimum atomic E-state index is -0.331. The second-order valence-electron chi connectivity index (χ2n) is 5.88. The Morgan fingerprint density at radius 1 is 0.964 bits per heavy atom. The van der Waals surface area contributed by atoms with E-state index < -0.39 is 0 Å². The van der Waals surface area contributed by atoms with Crippen LogP contribution >= 0.6 is 11.6 Å². The second-order valence-corrected chi connectivity index (χ2v) is 6.29. The Balaban J connectivity index is 1.74. The van der Waals surface area contributed by atoms with Crippen LogP contribution in [0.25, 0.3) is 0 Å². The van der Waals surface area contributed by atoms with Crippen molar-refractivity contribution >= 4 is 34.8 Å². The summed E-state index contributed by atoms with van der Waals surface area (Å²) in [6.07, 6.45) is 0. The van der Waals surface area contributed by atoms with Crippen molar-refractivity contribution < 1.29 is 14.3 Å². The molecule has 2 N–H and O–H groups in total. The Morgan fingerprint density at radius 2 is 1.64 bits per heavy atom. The van der Waals surface area contributed by atoms with Gasteiger partial charge in [-0.3, -0.25) is 4.79 Å². The molecule has 0 saturated carbocycles. The van der Waals surface area contributed by atoms with Gasteiger partial charge in [-0.25, -0.2) is 0 Å². The van der Waals surface area contributed by atoms with E-state index in [0.717, 1.165) is 5.56 Å². The van der Waals surface area contributed by atoms with E-state index in [1.165, 1.54) is 7.11 Å². The number of rotatable bonds is 6. The van der Waals surface area contributed by atoms with Crippen LogP contribution in [0.5, 0.6) is 11.5 Å². The Morgan fingerprint density at radius 3 is 2.32 bits per heavy atom. The number of anilines is 3.